The Morgan fingerprint density at radius 1 is 1.10 bits per heavy atom. The Labute approximate surface area is 241 Å². The molecule has 0 spiro atoms. The van der Waals surface area contributed by atoms with Gasteiger partial charge in [0.05, 0.1) is 29.4 Å². The molecule has 1 aliphatic heterocycles. The molecule has 0 atom stereocenters. The quantitative estimate of drug-likeness (QED) is 0.320. The Hall–Kier alpha value is -2.89. The van der Waals surface area contributed by atoms with Gasteiger partial charge in [0.2, 0.25) is 11.0 Å². The number of hydrogen-bond donors (Lipinski definition) is 2. The maximum Gasteiger partial charge on any atom is 0.229 e. The highest BCUT2D eigenvalue weighted by Gasteiger charge is 2.28. The van der Waals surface area contributed by atoms with Crippen LogP contribution in [-0.4, -0.2) is 65.1 Å². The highest BCUT2D eigenvalue weighted by atomic mass is 35.5. The topological polar surface area (TPSA) is 114 Å². The fourth-order valence-corrected chi connectivity index (χ4v) is 6.95. The molecule has 216 valence electrons. The van der Waals surface area contributed by atoms with Gasteiger partial charge in [0.1, 0.15) is 10.8 Å². The van der Waals surface area contributed by atoms with E-state index in [-0.39, 0.29) is 33.6 Å². The van der Waals surface area contributed by atoms with Crippen molar-refractivity contribution >= 4 is 44.6 Å². The predicted octanol–water partition coefficient (Wildman–Crippen LogP) is 5.44. The molecular formula is C28H38ClN7O3S. The van der Waals surface area contributed by atoms with Gasteiger partial charge in [-0.1, -0.05) is 25.4 Å². The minimum absolute atomic E-state index is 0.0142. The van der Waals surface area contributed by atoms with E-state index in [4.69, 9.17) is 16.3 Å². The van der Waals surface area contributed by atoms with Crippen molar-refractivity contribution < 1.29 is 13.2 Å². The van der Waals surface area contributed by atoms with E-state index in [9.17, 15) is 8.42 Å². The molecule has 1 saturated heterocycles. The van der Waals surface area contributed by atoms with Gasteiger partial charge >= 0.3 is 0 Å². The van der Waals surface area contributed by atoms with E-state index >= 15 is 0 Å². The number of ether oxygens (including phenoxy) is 1. The van der Waals surface area contributed by atoms with Crippen molar-refractivity contribution in [3.8, 4) is 5.75 Å². The van der Waals surface area contributed by atoms with Gasteiger partial charge in [-0.15, -0.1) is 0 Å². The molecule has 12 heteroatoms. The van der Waals surface area contributed by atoms with Crippen LogP contribution in [0.5, 0.6) is 5.75 Å². The summed E-state index contributed by atoms with van der Waals surface area (Å²) >= 11 is 6.44. The number of anilines is 4. The number of nitrogens with one attached hydrogen (secondary N) is 2. The van der Waals surface area contributed by atoms with Crippen molar-refractivity contribution in [1.29, 1.82) is 0 Å². The summed E-state index contributed by atoms with van der Waals surface area (Å²) in [5.74, 6) is 1.84. The number of halogens is 1. The average Bonchev–Trinajstić information content (AvgIpc) is 3.61. The highest BCUT2D eigenvalue weighted by Crippen LogP contribution is 2.40. The van der Waals surface area contributed by atoms with Crippen LogP contribution in [0.3, 0.4) is 0 Å². The monoisotopic (exact) mass is 587 g/mol. The molecule has 2 fully saturated rings. The first-order valence-corrected chi connectivity index (χ1v) is 15.8. The summed E-state index contributed by atoms with van der Waals surface area (Å²) < 4.78 is 33.7. The van der Waals surface area contributed by atoms with Crippen LogP contribution in [-0.2, 0) is 16.9 Å². The standard InChI is InChI=1S/C28H38ClN7O3S/c1-17(2)16-40(37,38)27-24(15-36(5)34-27)31-26-22(29)14-30-28(33-26)32-23-12-18(3)21(13-25(23)39-20-6-7-20)19-8-10-35(4)11-9-19/h12-15,17,19-20H,6-11,16H2,1-5H3,(H2,30,31,32,33). The summed E-state index contributed by atoms with van der Waals surface area (Å²) in [4.78, 5) is 11.3. The molecule has 0 bridgehead atoms. The van der Waals surface area contributed by atoms with E-state index in [0.717, 1.165) is 50.2 Å². The molecule has 3 heterocycles. The normalized spacial score (nSPS) is 16.9. The maximum atomic E-state index is 13.0. The largest absolute Gasteiger partial charge is 0.488 e. The van der Waals surface area contributed by atoms with Crippen LogP contribution < -0.4 is 15.4 Å². The van der Waals surface area contributed by atoms with Crippen molar-refractivity contribution in [3.63, 3.8) is 0 Å². The molecule has 0 unspecified atom stereocenters. The second-order valence-electron chi connectivity index (χ2n) is 11.4. The van der Waals surface area contributed by atoms with Gasteiger partial charge in [-0.25, -0.2) is 13.4 Å². The maximum absolute atomic E-state index is 13.0. The molecule has 0 amide bonds. The Morgan fingerprint density at radius 3 is 2.50 bits per heavy atom. The Balaban J connectivity index is 1.42. The summed E-state index contributed by atoms with van der Waals surface area (Å²) in [7, 11) is 0.238. The van der Waals surface area contributed by atoms with E-state index in [1.54, 1.807) is 13.2 Å². The minimum Gasteiger partial charge on any atom is -0.488 e. The lowest BCUT2D eigenvalue weighted by atomic mass is 9.86. The zero-order chi connectivity index (χ0) is 28.6. The number of benzene rings is 1. The fourth-order valence-electron chi connectivity index (χ4n) is 5.09. The van der Waals surface area contributed by atoms with E-state index in [1.807, 2.05) is 13.8 Å². The van der Waals surface area contributed by atoms with Crippen molar-refractivity contribution in [2.24, 2.45) is 13.0 Å². The Morgan fingerprint density at radius 2 is 1.82 bits per heavy atom. The smallest absolute Gasteiger partial charge is 0.229 e. The molecular weight excluding hydrogens is 550 g/mol. The van der Waals surface area contributed by atoms with Gasteiger partial charge < -0.3 is 20.3 Å². The number of hydrogen-bond acceptors (Lipinski definition) is 9. The van der Waals surface area contributed by atoms with Crippen LogP contribution in [0, 0.1) is 12.8 Å². The van der Waals surface area contributed by atoms with Gasteiger partial charge in [-0.3, -0.25) is 4.68 Å². The highest BCUT2D eigenvalue weighted by molar-refractivity contribution is 7.91. The first-order valence-electron chi connectivity index (χ1n) is 13.8. The number of likely N-dealkylation sites (tertiary alicyclic amines) is 1. The Bertz CT molecular complexity index is 1480. The fraction of sp³-hybridized carbons (Fsp3) is 0.536. The third-order valence-corrected chi connectivity index (χ3v) is 9.50. The van der Waals surface area contributed by atoms with Gasteiger partial charge in [0.25, 0.3) is 0 Å². The molecule has 1 saturated carbocycles. The van der Waals surface area contributed by atoms with E-state index in [0.29, 0.717) is 17.6 Å². The molecule has 2 aromatic heterocycles. The molecule has 1 aliphatic carbocycles. The number of nitrogens with zero attached hydrogens (tertiary/aromatic N) is 5. The predicted molar refractivity (Wildman–Crippen MR) is 158 cm³/mol. The summed E-state index contributed by atoms with van der Waals surface area (Å²) in [5, 5.41) is 10.8. The van der Waals surface area contributed by atoms with E-state index < -0.39 is 9.84 Å². The molecule has 40 heavy (non-hydrogen) atoms. The van der Waals surface area contributed by atoms with Crippen LogP contribution in [0.4, 0.5) is 23.1 Å². The first kappa shape index (κ1) is 28.6. The zero-order valence-electron chi connectivity index (χ0n) is 23.7. The van der Waals surface area contributed by atoms with Gasteiger partial charge in [-0.05, 0) is 87.8 Å². The number of aromatic nitrogens is 4. The van der Waals surface area contributed by atoms with Crippen molar-refractivity contribution in [2.75, 3.05) is 36.5 Å². The summed E-state index contributed by atoms with van der Waals surface area (Å²) in [5.41, 5.74) is 3.63. The number of aryl methyl sites for hydroxylation is 2. The summed E-state index contributed by atoms with van der Waals surface area (Å²) in [6.07, 6.45) is 7.68. The molecule has 2 N–H and O–H groups in total. The van der Waals surface area contributed by atoms with Crippen molar-refractivity contribution in [3.05, 3.63) is 40.7 Å². The Kier molecular flexibility index (Phi) is 8.26. The van der Waals surface area contributed by atoms with Gasteiger partial charge in [-0.2, -0.15) is 10.1 Å². The lowest BCUT2D eigenvalue weighted by Gasteiger charge is -2.30. The van der Waals surface area contributed by atoms with Crippen LogP contribution >= 0.6 is 11.6 Å². The molecule has 3 aromatic rings. The summed E-state index contributed by atoms with van der Waals surface area (Å²) in [6.45, 7) is 8.03. The summed E-state index contributed by atoms with van der Waals surface area (Å²) in [6, 6.07) is 4.29. The number of piperidine rings is 1. The molecule has 10 nitrogen and oxygen atoms in total. The molecule has 5 rings (SSSR count). The van der Waals surface area contributed by atoms with Gasteiger partial charge in [0, 0.05) is 13.2 Å². The molecule has 0 radical (unpaired) electrons. The lowest BCUT2D eigenvalue weighted by Crippen LogP contribution is -2.29. The van der Waals surface area contributed by atoms with E-state index in [1.165, 1.54) is 22.0 Å². The number of rotatable bonds is 10. The van der Waals surface area contributed by atoms with Crippen LogP contribution in [0.1, 0.15) is 56.6 Å². The van der Waals surface area contributed by atoms with Crippen LogP contribution in [0.25, 0.3) is 0 Å². The van der Waals surface area contributed by atoms with Crippen molar-refractivity contribution in [2.45, 2.75) is 63.5 Å². The van der Waals surface area contributed by atoms with Gasteiger partial charge in [0.15, 0.2) is 15.7 Å². The second-order valence-corrected chi connectivity index (χ2v) is 13.8. The third-order valence-electron chi connectivity index (χ3n) is 7.23. The second kappa shape index (κ2) is 11.5. The average molecular weight is 588 g/mol. The van der Waals surface area contributed by atoms with Crippen LogP contribution in [0.15, 0.2) is 29.6 Å². The lowest BCUT2D eigenvalue weighted by molar-refractivity contribution is 0.254. The van der Waals surface area contributed by atoms with E-state index in [2.05, 4.69) is 56.7 Å². The minimum atomic E-state index is -3.61. The third kappa shape index (κ3) is 6.70. The molecule has 2 aliphatic rings. The van der Waals surface area contributed by atoms with Crippen LogP contribution in [0.2, 0.25) is 5.02 Å². The van der Waals surface area contributed by atoms with Crippen molar-refractivity contribution in [1.82, 2.24) is 24.6 Å². The molecule has 1 aromatic carbocycles. The number of sulfone groups is 1. The zero-order valence-corrected chi connectivity index (χ0v) is 25.3. The SMILES string of the molecule is Cc1cc(Nc2ncc(Cl)c(Nc3cn(C)nc3S(=O)(=O)CC(C)C)n2)c(OC2CC2)cc1C1CCN(C)CC1. The first-order chi connectivity index (χ1) is 19.0.